The standard InChI is InChI=1S/C17H27NO2S/c1-12(2)7-6-8-13(3)18-17(19)15-10-9-14(21-5)11-16(15)20-4/h9-13H,6-8H2,1-5H3,(H,18,19). The van der Waals surface area contributed by atoms with Gasteiger partial charge in [0.2, 0.25) is 0 Å². The molecule has 0 aliphatic carbocycles. The Morgan fingerprint density at radius 1 is 1.29 bits per heavy atom. The lowest BCUT2D eigenvalue weighted by Crippen LogP contribution is -2.32. The number of hydrogen-bond acceptors (Lipinski definition) is 3. The maximum absolute atomic E-state index is 12.3. The molecule has 1 amide bonds. The quantitative estimate of drug-likeness (QED) is 0.725. The van der Waals surface area contributed by atoms with Crippen molar-refractivity contribution >= 4 is 17.7 Å². The van der Waals surface area contributed by atoms with Crippen LogP contribution in [0.3, 0.4) is 0 Å². The van der Waals surface area contributed by atoms with Crippen LogP contribution < -0.4 is 10.1 Å². The van der Waals surface area contributed by atoms with Gasteiger partial charge in [-0.25, -0.2) is 0 Å². The third-order valence-electron chi connectivity index (χ3n) is 3.45. The lowest BCUT2D eigenvalue weighted by atomic mass is 10.0. The van der Waals surface area contributed by atoms with Crippen molar-refractivity contribution in [3.8, 4) is 5.75 Å². The number of nitrogens with one attached hydrogen (secondary N) is 1. The second-order valence-corrected chi connectivity index (χ2v) is 6.65. The first-order valence-electron chi connectivity index (χ1n) is 7.50. The highest BCUT2D eigenvalue weighted by molar-refractivity contribution is 7.98. The fourth-order valence-corrected chi connectivity index (χ4v) is 2.62. The summed E-state index contributed by atoms with van der Waals surface area (Å²) in [6.45, 7) is 6.50. The van der Waals surface area contributed by atoms with Crippen LogP contribution in [0.15, 0.2) is 23.1 Å². The summed E-state index contributed by atoms with van der Waals surface area (Å²) in [5.41, 5.74) is 0.603. The molecular weight excluding hydrogens is 282 g/mol. The van der Waals surface area contributed by atoms with Crippen LogP contribution in [0.25, 0.3) is 0 Å². The molecule has 1 unspecified atom stereocenters. The number of benzene rings is 1. The second-order valence-electron chi connectivity index (χ2n) is 5.77. The van der Waals surface area contributed by atoms with E-state index in [-0.39, 0.29) is 11.9 Å². The molecule has 21 heavy (non-hydrogen) atoms. The maximum Gasteiger partial charge on any atom is 0.255 e. The van der Waals surface area contributed by atoms with Crippen molar-refractivity contribution in [1.29, 1.82) is 0 Å². The molecule has 0 aliphatic heterocycles. The zero-order valence-corrected chi connectivity index (χ0v) is 14.5. The molecule has 118 valence electrons. The van der Waals surface area contributed by atoms with Crippen molar-refractivity contribution in [2.24, 2.45) is 5.92 Å². The van der Waals surface area contributed by atoms with E-state index in [2.05, 4.69) is 26.1 Å². The van der Waals surface area contributed by atoms with Crippen LogP contribution in [-0.4, -0.2) is 25.3 Å². The molecule has 1 N–H and O–H groups in total. The van der Waals surface area contributed by atoms with Crippen LogP contribution >= 0.6 is 11.8 Å². The van der Waals surface area contributed by atoms with E-state index in [0.29, 0.717) is 17.2 Å². The number of rotatable bonds is 8. The van der Waals surface area contributed by atoms with Gasteiger partial charge in [0.25, 0.3) is 5.91 Å². The van der Waals surface area contributed by atoms with E-state index in [4.69, 9.17) is 4.74 Å². The minimum atomic E-state index is -0.0587. The van der Waals surface area contributed by atoms with Crippen LogP contribution in [0, 0.1) is 5.92 Å². The molecule has 1 atom stereocenters. The number of methoxy groups -OCH3 is 1. The Morgan fingerprint density at radius 2 is 2.00 bits per heavy atom. The van der Waals surface area contributed by atoms with Crippen molar-refractivity contribution in [2.75, 3.05) is 13.4 Å². The van der Waals surface area contributed by atoms with Crippen LogP contribution in [0.4, 0.5) is 0 Å². The molecule has 0 saturated carbocycles. The topological polar surface area (TPSA) is 38.3 Å². The van der Waals surface area contributed by atoms with Gasteiger partial charge >= 0.3 is 0 Å². The molecule has 0 saturated heterocycles. The zero-order valence-electron chi connectivity index (χ0n) is 13.7. The summed E-state index contributed by atoms with van der Waals surface area (Å²) >= 11 is 1.63. The lowest BCUT2D eigenvalue weighted by Gasteiger charge is -2.16. The first kappa shape index (κ1) is 17.9. The van der Waals surface area contributed by atoms with Gasteiger partial charge in [0, 0.05) is 10.9 Å². The minimum absolute atomic E-state index is 0.0587. The van der Waals surface area contributed by atoms with Crippen LogP contribution in [-0.2, 0) is 0 Å². The fraction of sp³-hybridized carbons (Fsp3) is 0.588. The van der Waals surface area contributed by atoms with Crippen LogP contribution in [0.2, 0.25) is 0 Å². The van der Waals surface area contributed by atoms with E-state index in [9.17, 15) is 4.79 Å². The number of amides is 1. The number of carbonyl (C=O) groups excluding carboxylic acids is 1. The highest BCUT2D eigenvalue weighted by Gasteiger charge is 2.15. The molecule has 1 aromatic carbocycles. The summed E-state index contributed by atoms with van der Waals surface area (Å²) in [6.07, 6.45) is 5.36. The molecule has 0 aromatic heterocycles. The maximum atomic E-state index is 12.3. The average molecular weight is 309 g/mol. The molecule has 0 spiro atoms. The minimum Gasteiger partial charge on any atom is -0.496 e. The smallest absolute Gasteiger partial charge is 0.255 e. The summed E-state index contributed by atoms with van der Waals surface area (Å²) in [7, 11) is 1.60. The Bertz CT molecular complexity index is 460. The van der Waals surface area contributed by atoms with Gasteiger partial charge in [-0.15, -0.1) is 11.8 Å². The molecule has 1 rings (SSSR count). The Kier molecular flexibility index (Phi) is 7.65. The largest absolute Gasteiger partial charge is 0.496 e. The Morgan fingerprint density at radius 3 is 2.57 bits per heavy atom. The molecular formula is C17H27NO2S. The van der Waals surface area contributed by atoms with Gasteiger partial charge in [-0.3, -0.25) is 4.79 Å². The number of ether oxygens (including phenoxy) is 1. The van der Waals surface area contributed by atoms with E-state index >= 15 is 0 Å². The van der Waals surface area contributed by atoms with E-state index < -0.39 is 0 Å². The summed E-state index contributed by atoms with van der Waals surface area (Å²) in [6, 6.07) is 5.87. The van der Waals surface area contributed by atoms with E-state index in [1.165, 1.54) is 6.42 Å². The number of carbonyl (C=O) groups is 1. The lowest BCUT2D eigenvalue weighted by molar-refractivity contribution is 0.0934. The highest BCUT2D eigenvalue weighted by atomic mass is 32.2. The number of hydrogen-bond donors (Lipinski definition) is 1. The monoisotopic (exact) mass is 309 g/mol. The SMILES string of the molecule is COc1cc(SC)ccc1C(=O)NC(C)CCCC(C)C. The van der Waals surface area contributed by atoms with Crippen molar-refractivity contribution in [3.05, 3.63) is 23.8 Å². The third-order valence-corrected chi connectivity index (χ3v) is 4.17. The van der Waals surface area contributed by atoms with Gasteiger partial charge in [0.1, 0.15) is 5.75 Å². The molecule has 4 heteroatoms. The van der Waals surface area contributed by atoms with E-state index in [1.54, 1.807) is 18.9 Å². The third kappa shape index (κ3) is 6.00. The molecule has 0 radical (unpaired) electrons. The Balaban J connectivity index is 2.62. The van der Waals surface area contributed by atoms with Crippen molar-refractivity contribution in [2.45, 2.75) is 51.0 Å². The van der Waals surface area contributed by atoms with Gasteiger partial charge < -0.3 is 10.1 Å². The summed E-state index contributed by atoms with van der Waals surface area (Å²) in [5, 5.41) is 3.06. The predicted molar refractivity (Wildman–Crippen MR) is 90.4 cm³/mol. The van der Waals surface area contributed by atoms with Crippen molar-refractivity contribution < 1.29 is 9.53 Å². The second kappa shape index (κ2) is 8.98. The fourth-order valence-electron chi connectivity index (χ4n) is 2.19. The van der Waals surface area contributed by atoms with Gasteiger partial charge in [-0.1, -0.05) is 26.7 Å². The summed E-state index contributed by atoms with van der Waals surface area (Å²) in [5.74, 6) is 1.29. The molecule has 1 aromatic rings. The molecule has 0 heterocycles. The predicted octanol–water partition coefficient (Wildman–Crippen LogP) is 4.36. The Labute approximate surface area is 132 Å². The summed E-state index contributed by atoms with van der Waals surface area (Å²) in [4.78, 5) is 13.4. The zero-order chi connectivity index (χ0) is 15.8. The van der Waals surface area contributed by atoms with E-state index in [1.807, 2.05) is 24.5 Å². The highest BCUT2D eigenvalue weighted by Crippen LogP contribution is 2.25. The van der Waals surface area contributed by atoms with Gasteiger partial charge in [0.15, 0.2) is 0 Å². The molecule has 0 aliphatic rings. The van der Waals surface area contributed by atoms with Gasteiger partial charge in [-0.2, -0.15) is 0 Å². The molecule has 0 bridgehead atoms. The Hall–Kier alpha value is -1.16. The molecule has 0 fully saturated rings. The van der Waals surface area contributed by atoms with Gasteiger partial charge in [-0.05, 0) is 43.7 Å². The first-order valence-corrected chi connectivity index (χ1v) is 8.73. The average Bonchev–Trinajstić information content (AvgIpc) is 2.45. The normalized spacial score (nSPS) is 12.3. The van der Waals surface area contributed by atoms with Crippen molar-refractivity contribution in [1.82, 2.24) is 5.32 Å². The molecule has 3 nitrogen and oxygen atoms in total. The first-order chi connectivity index (χ1) is 9.97. The van der Waals surface area contributed by atoms with Gasteiger partial charge in [0.05, 0.1) is 12.7 Å². The summed E-state index contributed by atoms with van der Waals surface area (Å²) < 4.78 is 5.33. The van der Waals surface area contributed by atoms with Crippen molar-refractivity contribution in [3.63, 3.8) is 0 Å². The van der Waals surface area contributed by atoms with Crippen LogP contribution in [0.1, 0.15) is 50.4 Å². The number of thioether (sulfide) groups is 1. The van der Waals surface area contributed by atoms with Crippen LogP contribution in [0.5, 0.6) is 5.75 Å². The van der Waals surface area contributed by atoms with E-state index in [0.717, 1.165) is 17.7 Å².